The second-order valence-electron chi connectivity index (χ2n) is 8.64. The molecule has 7 heteroatoms. The molecule has 2 aromatic rings. The SMILES string of the molecule is CCCC1CCC(c2ccc(C=Cc3ccc(OC(F)(F)C(F)C(F)(F)F)cc3)cc2)CC1. The fourth-order valence-corrected chi connectivity index (χ4v) is 4.31. The zero-order chi connectivity index (χ0) is 24.1. The minimum absolute atomic E-state index is 0.554. The van der Waals surface area contributed by atoms with E-state index in [1.54, 1.807) is 6.08 Å². The van der Waals surface area contributed by atoms with Gasteiger partial charge >= 0.3 is 12.3 Å². The summed E-state index contributed by atoms with van der Waals surface area (Å²) in [5.74, 6) is 0.907. The first-order valence-electron chi connectivity index (χ1n) is 11.2. The zero-order valence-corrected chi connectivity index (χ0v) is 18.4. The average molecular weight is 470 g/mol. The summed E-state index contributed by atoms with van der Waals surface area (Å²) in [5, 5.41) is 0. The first kappa shape index (κ1) is 25.2. The quantitative estimate of drug-likeness (QED) is 0.277. The summed E-state index contributed by atoms with van der Waals surface area (Å²) in [7, 11) is 0. The summed E-state index contributed by atoms with van der Waals surface area (Å²) in [5.41, 5.74) is 2.95. The third-order valence-corrected chi connectivity index (χ3v) is 6.14. The highest BCUT2D eigenvalue weighted by Crippen LogP contribution is 2.38. The molecule has 0 amide bonds. The largest absolute Gasteiger partial charge is 0.439 e. The molecule has 0 spiro atoms. The van der Waals surface area contributed by atoms with Gasteiger partial charge in [-0.25, -0.2) is 4.39 Å². The van der Waals surface area contributed by atoms with Crippen molar-refractivity contribution in [3.63, 3.8) is 0 Å². The maximum atomic E-state index is 13.4. The molecule has 0 heterocycles. The Morgan fingerprint density at radius 1 is 0.848 bits per heavy atom. The maximum absolute atomic E-state index is 13.4. The van der Waals surface area contributed by atoms with Crippen LogP contribution in [0.4, 0.5) is 26.3 Å². The Morgan fingerprint density at radius 2 is 1.36 bits per heavy atom. The lowest BCUT2D eigenvalue weighted by Crippen LogP contribution is -2.45. The van der Waals surface area contributed by atoms with E-state index in [-0.39, 0.29) is 0 Å². The van der Waals surface area contributed by atoms with Gasteiger partial charge in [0.05, 0.1) is 0 Å². The van der Waals surface area contributed by atoms with Crippen LogP contribution in [-0.2, 0) is 0 Å². The number of hydrogen-bond donors (Lipinski definition) is 0. The van der Waals surface area contributed by atoms with Gasteiger partial charge in [0.15, 0.2) is 0 Å². The van der Waals surface area contributed by atoms with Gasteiger partial charge in [-0.2, -0.15) is 22.0 Å². The number of benzene rings is 2. The summed E-state index contributed by atoms with van der Waals surface area (Å²) in [6.07, 6.45) is -3.94. The van der Waals surface area contributed by atoms with Crippen LogP contribution in [-0.4, -0.2) is 18.5 Å². The molecule has 1 aliphatic carbocycles. The van der Waals surface area contributed by atoms with Crippen molar-refractivity contribution < 1.29 is 31.1 Å². The number of rotatable bonds is 8. The molecule has 1 aliphatic rings. The Kier molecular flexibility index (Phi) is 8.14. The summed E-state index contributed by atoms with van der Waals surface area (Å²) in [6, 6.07) is 13.3. The minimum Gasteiger partial charge on any atom is -0.430 e. The van der Waals surface area contributed by atoms with Crippen molar-refractivity contribution in [2.24, 2.45) is 5.92 Å². The summed E-state index contributed by atoms with van der Waals surface area (Å²) in [4.78, 5) is 0. The van der Waals surface area contributed by atoms with Crippen LogP contribution in [0.3, 0.4) is 0 Å². The Balaban J connectivity index is 1.56. The van der Waals surface area contributed by atoms with Crippen LogP contribution in [0, 0.1) is 5.92 Å². The molecular weight excluding hydrogens is 442 g/mol. The summed E-state index contributed by atoms with van der Waals surface area (Å²) < 4.78 is 80.2. The lowest BCUT2D eigenvalue weighted by molar-refractivity contribution is -0.304. The molecule has 0 bridgehead atoms. The van der Waals surface area contributed by atoms with Crippen molar-refractivity contribution in [2.45, 2.75) is 69.8 Å². The molecule has 0 radical (unpaired) electrons. The van der Waals surface area contributed by atoms with Crippen LogP contribution in [0.5, 0.6) is 5.75 Å². The summed E-state index contributed by atoms with van der Waals surface area (Å²) >= 11 is 0. The van der Waals surface area contributed by atoms with Gasteiger partial charge in [0.1, 0.15) is 5.75 Å². The Hall–Kier alpha value is -2.44. The van der Waals surface area contributed by atoms with E-state index in [1.807, 2.05) is 18.2 Å². The molecule has 1 unspecified atom stereocenters. The van der Waals surface area contributed by atoms with Gasteiger partial charge in [0.2, 0.25) is 0 Å². The third-order valence-electron chi connectivity index (χ3n) is 6.14. The number of alkyl halides is 6. The molecule has 0 aliphatic heterocycles. The van der Waals surface area contributed by atoms with Gasteiger partial charge in [0, 0.05) is 0 Å². The highest BCUT2D eigenvalue weighted by atomic mass is 19.4. The molecule has 3 rings (SSSR count). The average Bonchev–Trinajstić information content (AvgIpc) is 2.78. The number of halogens is 6. The highest BCUT2D eigenvalue weighted by molar-refractivity contribution is 5.69. The second-order valence-corrected chi connectivity index (χ2v) is 8.64. The molecule has 2 aromatic carbocycles. The van der Waals surface area contributed by atoms with Gasteiger partial charge in [-0.15, -0.1) is 0 Å². The maximum Gasteiger partial charge on any atom is 0.439 e. The van der Waals surface area contributed by atoms with Crippen molar-refractivity contribution in [1.82, 2.24) is 0 Å². The van der Waals surface area contributed by atoms with Crippen LogP contribution in [0.25, 0.3) is 12.2 Å². The standard InChI is InChI=1S/C26H28F6O/c1-2-3-18-6-12-21(13-7-18)22-14-8-19(9-15-22)4-5-20-10-16-23(17-11-20)33-26(31,32)24(27)25(28,29)30/h4-5,8-11,14-18,21,24H,2-3,6-7,12-13H2,1H3. The molecule has 33 heavy (non-hydrogen) atoms. The Labute approximate surface area is 190 Å². The molecular formula is C26H28F6O. The van der Waals surface area contributed by atoms with Crippen molar-refractivity contribution in [3.8, 4) is 5.75 Å². The Morgan fingerprint density at radius 3 is 1.85 bits per heavy atom. The minimum atomic E-state index is -5.71. The second kappa shape index (κ2) is 10.7. The van der Waals surface area contributed by atoms with Gasteiger partial charge in [-0.05, 0) is 66.3 Å². The van der Waals surface area contributed by atoms with E-state index < -0.39 is 24.2 Å². The number of hydrogen-bond acceptors (Lipinski definition) is 1. The van der Waals surface area contributed by atoms with Gasteiger partial charge in [-0.1, -0.05) is 68.3 Å². The van der Waals surface area contributed by atoms with Crippen molar-refractivity contribution in [3.05, 3.63) is 65.2 Å². The van der Waals surface area contributed by atoms with Crippen LogP contribution < -0.4 is 4.74 Å². The zero-order valence-electron chi connectivity index (χ0n) is 18.4. The fourth-order valence-electron chi connectivity index (χ4n) is 4.31. The van der Waals surface area contributed by atoms with E-state index >= 15 is 0 Å². The predicted octanol–water partition coefficient (Wildman–Crippen LogP) is 8.80. The molecule has 1 fully saturated rings. The molecule has 1 atom stereocenters. The van der Waals surface area contributed by atoms with Gasteiger partial charge in [0.25, 0.3) is 6.17 Å². The molecule has 180 valence electrons. The molecule has 0 aromatic heterocycles. The van der Waals surface area contributed by atoms with Crippen molar-refractivity contribution in [1.29, 1.82) is 0 Å². The van der Waals surface area contributed by atoms with E-state index in [9.17, 15) is 26.3 Å². The third kappa shape index (κ3) is 7.02. The molecule has 1 saturated carbocycles. The van der Waals surface area contributed by atoms with E-state index in [2.05, 4.69) is 23.8 Å². The summed E-state index contributed by atoms with van der Waals surface area (Å²) in [6.45, 7) is 2.23. The van der Waals surface area contributed by atoms with E-state index in [1.165, 1.54) is 56.2 Å². The first-order valence-corrected chi connectivity index (χ1v) is 11.2. The normalized spacial score (nSPS) is 20.7. The van der Waals surface area contributed by atoms with E-state index in [0.717, 1.165) is 23.6 Å². The predicted molar refractivity (Wildman–Crippen MR) is 118 cm³/mol. The molecule has 0 N–H and O–H groups in total. The molecule has 1 nitrogen and oxygen atoms in total. The van der Waals surface area contributed by atoms with E-state index in [4.69, 9.17) is 0 Å². The highest BCUT2D eigenvalue weighted by Gasteiger charge is 2.59. The lowest BCUT2D eigenvalue weighted by atomic mass is 9.77. The smallest absolute Gasteiger partial charge is 0.430 e. The lowest BCUT2D eigenvalue weighted by Gasteiger charge is -2.28. The topological polar surface area (TPSA) is 9.23 Å². The number of ether oxygens (including phenoxy) is 1. The molecule has 0 saturated heterocycles. The monoisotopic (exact) mass is 470 g/mol. The van der Waals surface area contributed by atoms with E-state index in [0.29, 0.717) is 11.5 Å². The van der Waals surface area contributed by atoms with Gasteiger partial charge in [-0.3, -0.25) is 0 Å². The van der Waals surface area contributed by atoms with Crippen LogP contribution in [0.15, 0.2) is 48.5 Å². The fraction of sp³-hybridized carbons (Fsp3) is 0.462. The van der Waals surface area contributed by atoms with Gasteiger partial charge < -0.3 is 4.74 Å². The van der Waals surface area contributed by atoms with Crippen LogP contribution in [0.2, 0.25) is 0 Å². The first-order chi connectivity index (χ1) is 15.6. The van der Waals surface area contributed by atoms with Crippen LogP contribution in [0.1, 0.15) is 68.1 Å². The van der Waals surface area contributed by atoms with Crippen LogP contribution >= 0.6 is 0 Å². The Bertz CT molecular complexity index is 894. The van der Waals surface area contributed by atoms with Crippen molar-refractivity contribution in [2.75, 3.05) is 0 Å². The van der Waals surface area contributed by atoms with Crippen molar-refractivity contribution >= 4 is 12.2 Å².